The van der Waals surface area contributed by atoms with E-state index in [1.165, 1.54) is 31.2 Å². The Labute approximate surface area is 129 Å². The van der Waals surface area contributed by atoms with E-state index in [1.807, 2.05) is 7.11 Å². The van der Waals surface area contributed by atoms with Crippen molar-refractivity contribution in [3.05, 3.63) is 11.5 Å². The molecule has 1 saturated carbocycles. The smallest absolute Gasteiger partial charge is 0.400 e. The van der Waals surface area contributed by atoms with Crippen LogP contribution < -0.4 is 0 Å². The van der Waals surface area contributed by atoms with Gasteiger partial charge in [-0.25, -0.2) is 0 Å². The highest BCUT2D eigenvalue weighted by Crippen LogP contribution is 2.50. The Hall–Kier alpha value is -0.315. The van der Waals surface area contributed by atoms with Crippen LogP contribution in [0.25, 0.3) is 0 Å². The van der Waals surface area contributed by atoms with Gasteiger partial charge in [-0.15, -0.1) is 0 Å². The van der Waals surface area contributed by atoms with Crippen LogP contribution in [0.4, 0.5) is 0 Å². The van der Waals surface area contributed by atoms with E-state index in [1.54, 1.807) is 0 Å². The maximum atomic E-state index is 6.24. The Morgan fingerprint density at radius 1 is 1.10 bits per heavy atom. The van der Waals surface area contributed by atoms with Gasteiger partial charge in [0.05, 0.1) is 17.3 Å². The molecule has 1 unspecified atom stereocenters. The predicted octanol–water partition coefficient (Wildman–Crippen LogP) is 3.91. The first-order chi connectivity index (χ1) is 9.80. The molecule has 3 nitrogen and oxygen atoms in total. The van der Waals surface area contributed by atoms with Crippen LogP contribution in [0.3, 0.4) is 0 Å². The quantitative estimate of drug-likeness (QED) is 0.722. The number of methoxy groups -OCH3 is 1. The second-order valence-electron chi connectivity index (χ2n) is 8.01. The molecule has 0 bridgehead atoms. The third-order valence-corrected chi connectivity index (χ3v) is 6.18. The predicted molar refractivity (Wildman–Crippen MR) is 85.1 cm³/mol. The standard InChI is InChI=1S/C17H29BO3/c1-15(2)16(3,4)21-18(20-15)13-8-9-14(19-5)17(12-13)10-6-7-11-17/h12,14H,6-11H2,1-5H3. The highest BCUT2D eigenvalue weighted by molar-refractivity contribution is 6.54. The highest BCUT2D eigenvalue weighted by atomic mass is 16.7. The number of hydrogen-bond acceptors (Lipinski definition) is 3. The fourth-order valence-electron chi connectivity index (χ4n) is 4.15. The molecule has 0 aromatic carbocycles. The van der Waals surface area contributed by atoms with Gasteiger partial charge in [0, 0.05) is 12.5 Å². The van der Waals surface area contributed by atoms with E-state index in [-0.39, 0.29) is 23.7 Å². The summed E-state index contributed by atoms with van der Waals surface area (Å²) in [5.74, 6) is 0. The van der Waals surface area contributed by atoms with E-state index >= 15 is 0 Å². The fraction of sp³-hybridized carbons (Fsp3) is 0.882. The van der Waals surface area contributed by atoms with Crippen molar-refractivity contribution < 1.29 is 14.0 Å². The van der Waals surface area contributed by atoms with Gasteiger partial charge in [0.2, 0.25) is 0 Å². The van der Waals surface area contributed by atoms with E-state index in [0.717, 1.165) is 12.8 Å². The number of ether oxygens (including phenoxy) is 1. The lowest BCUT2D eigenvalue weighted by molar-refractivity contribution is 0.00517. The van der Waals surface area contributed by atoms with Crippen LogP contribution in [-0.4, -0.2) is 31.5 Å². The lowest BCUT2D eigenvalue weighted by atomic mass is 9.64. The molecule has 3 aliphatic rings. The van der Waals surface area contributed by atoms with Crippen LogP contribution in [0.15, 0.2) is 11.5 Å². The summed E-state index contributed by atoms with van der Waals surface area (Å²) in [6, 6.07) is 0. The molecule has 1 aliphatic heterocycles. The van der Waals surface area contributed by atoms with Gasteiger partial charge < -0.3 is 14.0 Å². The molecule has 2 fully saturated rings. The molecule has 0 aromatic heterocycles. The van der Waals surface area contributed by atoms with E-state index in [4.69, 9.17) is 14.0 Å². The van der Waals surface area contributed by atoms with Crippen LogP contribution in [0.2, 0.25) is 0 Å². The zero-order valence-corrected chi connectivity index (χ0v) is 14.2. The van der Waals surface area contributed by atoms with Crippen molar-refractivity contribution in [3.63, 3.8) is 0 Å². The monoisotopic (exact) mass is 292 g/mol. The molecule has 118 valence electrons. The molecule has 0 N–H and O–H groups in total. The summed E-state index contributed by atoms with van der Waals surface area (Å²) in [5, 5.41) is 0. The van der Waals surface area contributed by atoms with Gasteiger partial charge in [-0.2, -0.15) is 0 Å². The SMILES string of the molecule is COC1CCC(B2OC(C)(C)C(C)(C)O2)=CC12CCCC2. The third kappa shape index (κ3) is 2.49. The van der Waals surface area contributed by atoms with E-state index in [0.29, 0.717) is 6.10 Å². The van der Waals surface area contributed by atoms with Gasteiger partial charge in [0.1, 0.15) is 0 Å². The van der Waals surface area contributed by atoms with Crippen molar-refractivity contribution in [2.24, 2.45) is 5.41 Å². The van der Waals surface area contributed by atoms with E-state index < -0.39 is 0 Å². The van der Waals surface area contributed by atoms with Crippen LogP contribution in [-0.2, 0) is 14.0 Å². The molecule has 2 aliphatic carbocycles. The molecule has 1 heterocycles. The summed E-state index contributed by atoms with van der Waals surface area (Å²) in [7, 11) is 1.68. The van der Waals surface area contributed by atoms with Crippen molar-refractivity contribution in [2.45, 2.75) is 83.5 Å². The summed E-state index contributed by atoms with van der Waals surface area (Å²) < 4.78 is 18.3. The Morgan fingerprint density at radius 2 is 1.67 bits per heavy atom. The third-order valence-electron chi connectivity index (χ3n) is 6.18. The second kappa shape index (κ2) is 5.11. The van der Waals surface area contributed by atoms with Gasteiger partial charge in [0.25, 0.3) is 0 Å². The zero-order chi connectivity index (χ0) is 15.3. The molecule has 1 atom stereocenters. The Morgan fingerprint density at radius 3 is 2.19 bits per heavy atom. The Balaban J connectivity index is 1.85. The average Bonchev–Trinajstić information content (AvgIpc) is 2.93. The van der Waals surface area contributed by atoms with E-state index in [2.05, 4.69) is 33.8 Å². The Kier molecular flexibility index (Phi) is 3.79. The first kappa shape index (κ1) is 15.6. The van der Waals surface area contributed by atoms with Gasteiger partial charge in [-0.1, -0.05) is 18.9 Å². The topological polar surface area (TPSA) is 27.7 Å². The highest BCUT2D eigenvalue weighted by Gasteiger charge is 2.54. The molecule has 4 heteroatoms. The average molecular weight is 292 g/mol. The lowest BCUT2D eigenvalue weighted by Crippen LogP contribution is -2.41. The molecular weight excluding hydrogens is 263 g/mol. The molecule has 21 heavy (non-hydrogen) atoms. The summed E-state index contributed by atoms with van der Waals surface area (Å²) in [4.78, 5) is 0. The van der Waals surface area contributed by atoms with Crippen molar-refractivity contribution in [1.29, 1.82) is 0 Å². The minimum absolute atomic E-state index is 0.176. The van der Waals surface area contributed by atoms with Crippen LogP contribution in [0.5, 0.6) is 0 Å². The summed E-state index contributed by atoms with van der Waals surface area (Å²) >= 11 is 0. The van der Waals surface area contributed by atoms with Gasteiger partial charge >= 0.3 is 7.12 Å². The number of hydrogen-bond donors (Lipinski definition) is 0. The maximum absolute atomic E-state index is 6.24. The largest absolute Gasteiger partial charge is 0.490 e. The molecule has 1 saturated heterocycles. The number of rotatable bonds is 2. The molecular formula is C17H29BO3. The fourth-order valence-corrected chi connectivity index (χ4v) is 4.15. The molecule has 1 spiro atoms. The molecule has 0 aromatic rings. The molecule has 0 amide bonds. The minimum Gasteiger partial charge on any atom is -0.400 e. The van der Waals surface area contributed by atoms with Crippen molar-refractivity contribution in [2.75, 3.05) is 7.11 Å². The summed E-state index contributed by atoms with van der Waals surface area (Å²) in [6.45, 7) is 8.50. The van der Waals surface area contributed by atoms with Crippen LogP contribution in [0, 0.1) is 5.41 Å². The van der Waals surface area contributed by atoms with Crippen molar-refractivity contribution in [3.8, 4) is 0 Å². The first-order valence-corrected chi connectivity index (χ1v) is 8.40. The first-order valence-electron chi connectivity index (χ1n) is 8.40. The van der Waals surface area contributed by atoms with E-state index in [9.17, 15) is 0 Å². The number of allylic oxidation sites excluding steroid dienone is 1. The lowest BCUT2D eigenvalue weighted by Gasteiger charge is -2.39. The normalized spacial score (nSPS) is 33.5. The van der Waals surface area contributed by atoms with Crippen LogP contribution >= 0.6 is 0 Å². The minimum atomic E-state index is -0.251. The second-order valence-corrected chi connectivity index (χ2v) is 8.01. The van der Waals surface area contributed by atoms with Crippen molar-refractivity contribution >= 4 is 7.12 Å². The van der Waals surface area contributed by atoms with Gasteiger partial charge in [0.15, 0.2) is 0 Å². The zero-order valence-electron chi connectivity index (χ0n) is 14.2. The molecule has 0 radical (unpaired) electrons. The summed E-state index contributed by atoms with van der Waals surface area (Å²) in [5.41, 5.74) is 1.06. The van der Waals surface area contributed by atoms with Crippen LogP contribution in [0.1, 0.15) is 66.2 Å². The molecule has 3 rings (SSSR count). The van der Waals surface area contributed by atoms with Gasteiger partial charge in [-0.3, -0.25) is 0 Å². The maximum Gasteiger partial charge on any atom is 0.490 e. The van der Waals surface area contributed by atoms with Gasteiger partial charge in [-0.05, 0) is 58.9 Å². The Bertz CT molecular complexity index is 419. The van der Waals surface area contributed by atoms with Crippen molar-refractivity contribution in [1.82, 2.24) is 0 Å². The summed E-state index contributed by atoms with van der Waals surface area (Å²) in [6.07, 6.45) is 10.1.